The average Bonchev–Trinajstić information content (AvgIpc) is 2.82. The maximum atomic E-state index is 8.87. The molecule has 2 aromatic rings. The first-order chi connectivity index (χ1) is 7.79. The Labute approximate surface area is 93.4 Å². The van der Waals surface area contributed by atoms with E-state index in [1.807, 2.05) is 24.1 Å². The predicted molar refractivity (Wildman–Crippen MR) is 58.8 cm³/mol. The van der Waals surface area contributed by atoms with Crippen molar-refractivity contribution in [2.24, 2.45) is 0 Å². The highest BCUT2D eigenvalue weighted by atomic mass is 16.3. The fourth-order valence-electron chi connectivity index (χ4n) is 1.33. The number of aliphatic hydroxyl groups is 1. The number of hydrogen-bond donors (Lipinski definition) is 1. The molecule has 5 nitrogen and oxygen atoms in total. The summed E-state index contributed by atoms with van der Waals surface area (Å²) in [4.78, 5) is 10.2. The number of nitrogens with zero attached hydrogens (tertiary/aromatic N) is 3. The maximum absolute atomic E-state index is 8.87. The molecule has 16 heavy (non-hydrogen) atoms. The number of hydrogen-bond acceptors (Lipinski definition) is 5. The molecule has 0 unspecified atom stereocenters. The Kier molecular flexibility index (Phi) is 3.16. The van der Waals surface area contributed by atoms with E-state index in [-0.39, 0.29) is 6.61 Å². The molecule has 2 rings (SSSR count). The van der Waals surface area contributed by atoms with E-state index in [1.54, 1.807) is 18.7 Å². The minimum absolute atomic E-state index is 0.0395. The summed E-state index contributed by atoms with van der Waals surface area (Å²) in [6.45, 7) is 0.577. The topological polar surface area (TPSA) is 62.4 Å². The summed E-state index contributed by atoms with van der Waals surface area (Å²) in [5, 5.41) is 8.87. The van der Waals surface area contributed by atoms with E-state index in [0.29, 0.717) is 18.1 Å². The highest BCUT2D eigenvalue weighted by Crippen LogP contribution is 2.10. The number of aliphatic hydroxyl groups excluding tert-OH is 1. The molecule has 0 saturated carbocycles. The number of aromatic nitrogens is 2. The van der Waals surface area contributed by atoms with Gasteiger partial charge in [-0.3, -0.25) is 0 Å². The molecule has 0 spiro atoms. The van der Waals surface area contributed by atoms with Crippen LogP contribution in [0, 0.1) is 0 Å². The molecule has 84 valence electrons. The second-order valence-corrected chi connectivity index (χ2v) is 3.48. The third-order valence-electron chi connectivity index (χ3n) is 2.19. The van der Waals surface area contributed by atoms with E-state index in [2.05, 4.69) is 9.97 Å². The largest absolute Gasteiger partial charge is 0.467 e. The van der Waals surface area contributed by atoms with Crippen molar-refractivity contribution >= 4 is 5.95 Å². The Balaban J connectivity index is 2.05. The lowest BCUT2D eigenvalue weighted by molar-refractivity contribution is 0.281. The molecule has 0 bridgehead atoms. The molecule has 0 radical (unpaired) electrons. The third kappa shape index (κ3) is 2.38. The zero-order valence-electron chi connectivity index (χ0n) is 9.00. The Hall–Kier alpha value is -1.88. The van der Waals surface area contributed by atoms with Gasteiger partial charge in [-0.1, -0.05) is 0 Å². The molecular weight excluding hydrogens is 206 g/mol. The Morgan fingerprint density at radius 3 is 2.69 bits per heavy atom. The molecule has 0 aliphatic rings. The zero-order valence-corrected chi connectivity index (χ0v) is 9.00. The third-order valence-corrected chi connectivity index (χ3v) is 2.19. The molecule has 2 aromatic heterocycles. The predicted octanol–water partition coefficient (Wildman–Crippen LogP) is 1.20. The summed E-state index contributed by atoms with van der Waals surface area (Å²) in [5.41, 5.74) is 0.704. The molecule has 1 N–H and O–H groups in total. The fourth-order valence-corrected chi connectivity index (χ4v) is 1.33. The molecule has 0 fully saturated rings. The summed E-state index contributed by atoms with van der Waals surface area (Å²) in [7, 11) is 1.89. The van der Waals surface area contributed by atoms with Gasteiger partial charge >= 0.3 is 0 Å². The standard InChI is InChI=1S/C11H13N3O2/c1-14(7-10-3-2-4-16-10)11-12-5-9(8-15)6-13-11/h2-6,15H,7-8H2,1H3. The minimum Gasteiger partial charge on any atom is -0.467 e. The zero-order chi connectivity index (χ0) is 11.4. The molecular formula is C11H13N3O2. The van der Waals surface area contributed by atoms with Gasteiger partial charge in [0.2, 0.25) is 5.95 Å². The Morgan fingerprint density at radius 1 is 1.38 bits per heavy atom. The van der Waals surface area contributed by atoms with Crippen molar-refractivity contribution in [3.8, 4) is 0 Å². The lowest BCUT2D eigenvalue weighted by Gasteiger charge is -2.15. The molecule has 5 heteroatoms. The van der Waals surface area contributed by atoms with Gasteiger partial charge < -0.3 is 14.4 Å². The second-order valence-electron chi connectivity index (χ2n) is 3.48. The van der Waals surface area contributed by atoms with Crippen LogP contribution in [0.15, 0.2) is 35.2 Å². The van der Waals surface area contributed by atoms with Crippen molar-refractivity contribution in [1.29, 1.82) is 0 Å². The van der Waals surface area contributed by atoms with E-state index in [0.717, 1.165) is 5.76 Å². The Bertz CT molecular complexity index is 425. The summed E-state index contributed by atoms with van der Waals surface area (Å²) in [6, 6.07) is 3.75. The molecule has 0 aliphatic carbocycles. The quantitative estimate of drug-likeness (QED) is 0.837. The monoisotopic (exact) mass is 219 g/mol. The SMILES string of the molecule is CN(Cc1ccco1)c1ncc(CO)cn1. The number of rotatable bonds is 4. The highest BCUT2D eigenvalue weighted by Gasteiger charge is 2.06. The summed E-state index contributed by atoms with van der Waals surface area (Å²) in [6.07, 6.45) is 4.86. The van der Waals surface area contributed by atoms with Crippen molar-refractivity contribution in [2.45, 2.75) is 13.2 Å². The van der Waals surface area contributed by atoms with Gasteiger partial charge in [0.05, 0.1) is 19.4 Å². The number of anilines is 1. The highest BCUT2D eigenvalue weighted by molar-refractivity contribution is 5.29. The molecule has 2 heterocycles. The number of furan rings is 1. The maximum Gasteiger partial charge on any atom is 0.225 e. The summed E-state index contributed by atoms with van der Waals surface area (Å²) >= 11 is 0. The second kappa shape index (κ2) is 4.76. The van der Waals surface area contributed by atoms with Gasteiger partial charge in [0.1, 0.15) is 5.76 Å². The fraction of sp³-hybridized carbons (Fsp3) is 0.273. The van der Waals surface area contributed by atoms with Gasteiger partial charge in [-0.15, -0.1) is 0 Å². The summed E-state index contributed by atoms with van der Waals surface area (Å²) < 4.78 is 5.23. The van der Waals surface area contributed by atoms with E-state index < -0.39 is 0 Å². The van der Waals surface area contributed by atoms with Crippen molar-refractivity contribution in [2.75, 3.05) is 11.9 Å². The van der Waals surface area contributed by atoms with Crippen LogP contribution >= 0.6 is 0 Å². The first-order valence-corrected chi connectivity index (χ1v) is 4.95. The molecule has 0 atom stereocenters. The van der Waals surface area contributed by atoms with Crippen LogP contribution < -0.4 is 4.90 Å². The van der Waals surface area contributed by atoms with Crippen LogP contribution in [-0.4, -0.2) is 22.1 Å². The van der Waals surface area contributed by atoms with Crippen LogP contribution in [0.3, 0.4) is 0 Å². The van der Waals surface area contributed by atoms with Crippen LogP contribution in [0.25, 0.3) is 0 Å². The lowest BCUT2D eigenvalue weighted by atomic mass is 10.4. The first kappa shape index (κ1) is 10.6. The van der Waals surface area contributed by atoms with E-state index >= 15 is 0 Å². The summed E-state index contributed by atoms with van der Waals surface area (Å²) in [5.74, 6) is 1.46. The average molecular weight is 219 g/mol. The van der Waals surface area contributed by atoms with Crippen molar-refractivity contribution in [3.63, 3.8) is 0 Å². The van der Waals surface area contributed by atoms with Crippen LogP contribution in [0.1, 0.15) is 11.3 Å². The van der Waals surface area contributed by atoms with Gasteiger partial charge in [0.15, 0.2) is 0 Å². The normalized spacial score (nSPS) is 10.4. The first-order valence-electron chi connectivity index (χ1n) is 4.95. The van der Waals surface area contributed by atoms with Crippen LogP contribution in [0.4, 0.5) is 5.95 Å². The molecule has 0 aliphatic heterocycles. The lowest BCUT2D eigenvalue weighted by Crippen LogP contribution is -2.18. The van der Waals surface area contributed by atoms with Gasteiger partial charge in [-0.05, 0) is 12.1 Å². The van der Waals surface area contributed by atoms with Gasteiger partial charge in [-0.25, -0.2) is 9.97 Å². The van der Waals surface area contributed by atoms with Crippen LogP contribution in [0.5, 0.6) is 0 Å². The Morgan fingerprint density at radius 2 is 2.12 bits per heavy atom. The molecule has 0 amide bonds. The molecule has 0 aromatic carbocycles. The van der Waals surface area contributed by atoms with Gasteiger partial charge in [0.25, 0.3) is 0 Å². The van der Waals surface area contributed by atoms with E-state index in [9.17, 15) is 0 Å². The van der Waals surface area contributed by atoms with Crippen molar-refractivity contribution in [3.05, 3.63) is 42.1 Å². The van der Waals surface area contributed by atoms with Crippen molar-refractivity contribution in [1.82, 2.24) is 9.97 Å². The van der Waals surface area contributed by atoms with Gasteiger partial charge in [-0.2, -0.15) is 0 Å². The smallest absolute Gasteiger partial charge is 0.225 e. The van der Waals surface area contributed by atoms with Crippen molar-refractivity contribution < 1.29 is 9.52 Å². The van der Waals surface area contributed by atoms with Gasteiger partial charge in [0, 0.05) is 25.0 Å². The van der Waals surface area contributed by atoms with Crippen LogP contribution in [-0.2, 0) is 13.2 Å². The minimum atomic E-state index is -0.0395. The van der Waals surface area contributed by atoms with E-state index in [4.69, 9.17) is 9.52 Å². The van der Waals surface area contributed by atoms with E-state index in [1.165, 1.54) is 0 Å². The van der Waals surface area contributed by atoms with Crippen LogP contribution in [0.2, 0.25) is 0 Å². The molecule has 0 saturated heterocycles.